The fraction of sp³-hybridized carbons (Fsp3) is 0.154. The lowest BCUT2D eigenvalue weighted by atomic mass is 10.2. The zero-order valence-electron chi connectivity index (χ0n) is 20.3. The second-order valence-electron chi connectivity index (χ2n) is 7.68. The Morgan fingerprint density at radius 3 is 2.44 bits per heavy atom. The van der Waals surface area contributed by atoms with Crippen LogP contribution in [0.3, 0.4) is 0 Å². The smallest absolute Gasteiger partial charge is 0.416 e. The average Bonchev–Trinajstić information content (AvgIpc) is 2.89. The van der Waals surface area contributed by atoms with Gasteiger partial charge in [-0.1, -0.05) is 29.8 Å². The number of anilines is 2. The minimum Gasteiger partial charge on any atom is -0.492 e. The number of hydrogen-bond acceptors (Lipinski definition) is 6. The van der Waals surface area contributed by atoms with Crippen LogP contribution in [0.2, 0.25) is 5.02 Å². The highest BCUT2D eigenvalue weighted by atomic mass is 35.5. The van der Waals surface area contributed by atoms with E-state index in [4.69, 9.17) is 21.1 Å². The summed E-state index contributed by atoms with van der Waals surface area (Å²) in [5.74, 6) is -2.26. The molecule has 9 nitrogen and oxygen atoms in total. The van der Waals surface area contributed by atoms with Crippen LogP contribution in [0.5, 0.6) is 11.5 Å². The van der Waals surface area contributed by atoms with Crippen LogP contribution in [0.1, 0.15) is 18.1 Å². The van der Waals surface area contributed by atoms with Crippen molar-refractivity contribution in [2.24, 2.45) is 5.10 Å². The number of alkyl halides is 3. The first-order chi connectivity index (χ1) is 18.6. The zero-order chi connectivity index (χ0) is 28.4. The third-order valence-electron chi connectivity index (χ3n) is 4.82. The van der Waals surface area contributed by atoms with Crippen LogP contribution in [-0.2, 0) is 20.6 Å². The van der Waals surface area contributed by atoms with Crippen molar-refractivity contribution in [2.75, 3.05) is 23.8 Å². The van der Waals surface area contributed by atoms with Crippen LogP contribution in [0.4, 0.5) is 24.5 Å². The molecule has 0 aliphatic rings. The topological polar surface area (TPSA) is 118 Å². The van der Waals surface area contributed by atoms with Crippen LogP contribution < -0.4 is 25.5 Å². The zero-order valence-corrected chi connectivity index (χ0v) is 21.1. The number of hydrogen-bond donors (Lipinski definition) is 3. The van der Waals surface area contributed by atoms with Crippen LogP contribution in [0.15, 0.2) is 71.8 Å². The Morgan fingerprint density at radius 1 is 0.923 bits per heavy atom. The Kier molecular flexibility index (Phi) is 9.87. The maximum atomic E-state index is 12.9. The van der Waals surface area contributed by atoms with Crippen molar-refractivity contribution in [1.82, 2.24) is 5.43 Å². The fourth-order valence-electron chi connectivity index (χ4n) is 3.11. The number of benzene rings is 3. The van der Waals surface area contributed by atoms with E-state index in [1.54, 1.807) is 31.2 Å². The predicted octanol–water partition coefficient (Wildman–Crippen LogP) is 4.86. The molecule has 3 amide bonds. The standard InChI is InChI=1S/C26H22ClF3N4O5/c1-2-38-22-9-4-3-8-20(22)33-24(36)25(37)34-31-14-16-12-18(27)10-11-21(16)39-15-23(35)32-19-7-5-6-17(13-19)26(28,29)30/h3-14H,2,15H2,1H3,(H,32,35)(H,33,36)(H,34,37)/b31-14-. The summed E-state index contributed by atoms with van der Waals surface area (Å²) in [6.45, 7) is 1.59. The molecule has 0 radical (unpaired) electrons. The Hall–Kier alpha value is -4.58. The fourth-order valence-corrected chi connectivity index (χ4v) is 3.29. The molecule has 0 aromatic heterocycles. The molecule has 204 valence electrons. The van der Waals surface area contributed by atoms with Crippen molar-refractivity contribution in [3.8, 4) is 11.5 Å². The number of amides is 3. The minimum atomic E-state index is -4.56. The number of carbonyl (C=O) groups excluding carboxylic acids is 3. The van der Waals surface area contributed by atoms with Gasteiger partial charge in [-0.25, -0.2) is 5.43 Å². The molecule has 0 heterocycles. The largest absolute Gasteiger partial charge is 0.492 e. The van der Waals surface area contributed by atoms with Crippen molar-refractivity contribution < 1.29 is 37.0 Å². The maximum absolute atomic E-state index is 12.9. The van der Waals surface area contributed by atoms with Gasteiger partial charge in [0.1, 0.15) is 11.5 Å². The SMILES string of the molecule is CCOc1ccccc1NC(=O)C(=O)N/N=C\c1cc(Cl)ccc1OCC(=O)Nc1cccc(C(F)(F)F)c1. The highest BCUT2D eigenvalue weighted by Gasteiger charge is 2.30. The first-order valence-electron chi connectivity index (χ1n) is 11.3. The number of para-hydroxylation sites is 2. The van der Waals surface area contributed by atoms with Crippen LogP contribution in [-0.4, -0.2) is 37.1 Å². The molecular weight excluding hydrogens is 541 g/mol. The molecule has 0 saturated heterocycles. The molecule has 39 heavy (non-hydrogen) atoms. The molecule has 3 N–H and O–H groups in total. The normalized spacial score (nSPS) is 11.1. The molecule has 0 fully saturated rings. The Morgan fingerprint density at radius 2 is 1.69 bits per heavy atom. The molecule has 13 heteroatoms. The van der Waals surface area contributed by atoms with Crippen molar-refractivity contribution in [1.29, 1.82) is 0 Å². The number of hydrazone groups is 1. The van der Waals surface area contributed by atoms with Crippen molar-refractivity contribution in [2.45, 2.75) is 13.1 Å². The van der Waals surface area contributed by atoms with Gasteiger partial charge in [0.2, 0.25) is 0 Å². The molecule has 3 rings (SSSR count). The van der Waals surface area contributed by atoms with E-state index in [0.29, 0.717) is 18.0 Å². The number of carbonyl (C=O) groups is 3. The van der Waals surface area contributed by atoms with E-state index < -0.39 is 36.1 Å². The minimum absolute atomic E-state index is 0.0545. The Labute approximate surface area is 225 Å². The van der Waals surface area contributed by atoms with E-state index in [9.17, 15) is 27.6 Å². The highest BCUT2D eigenvalue weighted by molar-refractivity contribution is 6.39. The summed E-state index contributed by atoms with van der Waals surface area (Å²) in [5.41, 5.74) is 1.66. The lowest BCUT2D eigenvalue weighted by Gasteiger charge is -2.12. The van der Waals surface area contributed by atoms with Crippen molar-refractivity contribution >= 4 is 46.9 Å². The molecule has 0 unspecified atom stereocenters. The predicted molar refractivity (Wildman–Crippen MR) is 139 cm³/mol. The monoisotopic (exact) mass is 562 g/mol. The van der Waals surface area contributed by atoms with Gasteiger partial charge >= 0.3 is 18.0 Å². The number of nitrogens with one attached hydrogen (secondary N) is 3. The molecule has 0 aliphatic carbocycles. The number of nitrogens with zero attached hydrogens (tertiary/aromatic N) is 1. The summed E-state index contributed by atoms with van der Waals surface area (Å²) in [6.07, 6.45) is -3.41. The van der Waals surface area contributed by atoms with Crippen molar-refractivity contribution in [3.05, 3.63) is 82.9 Å². The van der Waals surface area contributed by atoms with Gasteiger partial charge in [-0.3, -0.25) is 14.4 Å². The first-order valence-corrected chi connectivity index (χ1v) is 11.7. The average molecular weight is 563 g/mol. The lowest BCUT2D eigenvalue weighted by molar-refractivity contribution is -0.137. The van der Waals surface area contributed by atoms with E-state index >= 15 is 0 Å². The van der Waals surface area contributed by atoms with Gasteiger partial charge in [0, 0.05) is 16.3 Å². The molecule has 0 atom stereocenters. The van der Waals surface area contributed by atoms with Crippen LogP contribution in [0.25, 0.3) is 0 Å². The highest BCUT2D eigenvalue weighted by Crippen LogP contribution is 2.30. The summed E-state index contributed by atoms with van der Waals surface area (Å²) < 4.78 is 49.5. The second-order valence-corrected chi connectivity index (χ2v) is 8.12. The summed E-state index contributed by atoms with van der Waals surface area (Å²) in [5, 5.41) is 8.77. The Bertz CT molecular complexity index is 1380. The summed E-state index contributed by atoms with van der Waals surface area (Å²) in [7, 11) is 0. The van der Waals surface area contributed by atoms with Gasteiger partial charge in [0.05, 0.1) is 24.1 Å². The Balaban J connectivity index is 1.59. The molecule has 0 spiro atoms. The third kappa shape index (κ3) is 8.75. The van der Waals surface area contributed by atoms with Gasteiger partial charge in [0.15, 0.2) is 6.61 Å². The first kappa shape index (κ1) is 29.0. The second kappa shape index (κ2) is 13.3. The van der Waals surface area contributed by atoms with E-state index in [1.165, 1.54) is 30.3 Å². The van der Waals surface area contributed by atoms with E-state index in [2.05, 4.69) is 21.2 Å². The number of ether oxygens (including phenoxy) is 2. The van der Waals surface area contributed by atoms with Gasteiger partial charge < -0.3 is 20.1 Å². The van der Waals surface area contributed by atoms with Gasteiger partial charge in [0.25, 0.3) is 5.91 Å². The third-order valence-corrected chi connectivity index (χ3v) is 5.05. The van der Waals surface area contributed by atoms with Crippen LogP contribution in [0, 0.1) is 0 Å². The van der Waals surface area contributed by atoms with Gasteiger partial charge in [-0.2, -0.15) is 18.3 Å². The molecular formula is C26H22ClF3N4O5. The van der Waals surface area contributed by atoms with Crippen LogP contribution >= 0.6 is 11.6 Å². The summed E-state index contributed by atoms with van der Waals surface area (Å²) in [6, 6.07) is 15.1. The van der Waals surface area contributed by atoms with E-state index in [0.717, 1.165) is 18.3 Å². The van der Waals surface area contributed by atoms with E-state index in [1.807, 2.05) is 0 Å². The molecule has 3 aromatic rings. The quantitative estimate of drug-likeness (QED) is 0.195. The van der Waals surface area contributed by atoms with Gasteiger partial charge in [-0.05, 0) is 55.5 Å². The van der Waals surface area contributed by atoms with Gasteiger partial charge in [-0.15, -0.1) is 0 Å². The molecule has 3 aromatic carbocycles. The summed E-state index contributed by atoms with van der Waals surface area (Å²) >= 11 is 6.01. The number of rotatable bonds is 9. The maximum Gasteiger partial charge on any atom is 0.416 e. The van der Waals surface area contributed by atoms with Crippen molar-refractivity contribution in [3.63, 3.8) is 0 Å². The lowest BCUT2D eigenvalue weighted by Crippen LogP contribution is -2.32. The molecule has 0 bridgehead atoms. The molecule has 0 aliphatic heterocycles. The number of halogens is 4. The molecule has 0 saturated carbocycles. The van der Waals surface area contributed by atoms with E-state index in [-0.39, 0.29) is 22.0 Å². The summed E-state index contributed by atoms with van der Waals surface area (Å²) in [4.78, 5) is 36.6.